The Hall–Kier alpha value is -2.83. The van der Waals surface area contributed by atoms with Gasteiger partial charge in [0.2, 0.25) is 11.7 Å². The SMILES string of the molecule is CC(=O)N1CC2(CCN(C(=O)c3oc(C)nc3C)CC2)Nc2ccccc21. The summed E-state index contributed by atoms with van der Waals surface area (Å²) in [6.45, 7) is 6.97. The number of aryl methyl sites for hydroxylation is 2. The van der Waals surface area contributed by atoms with Crippen LogP contribution in [0.4, 0.5) is 11.4 Å². The van der Waals surface area contributed by atoms with E-state index in [0.29, 0.717) is 37.0 Å². The Balaban J connectivity index is 1.52. The summed E-state index contributed by atoms with van der Waals surface area (Å²) < 4.78 is 5.49. The number of aromatic nitrogens is 1. The smallest absolute Gasteiger partial charge is 0.291 e. The van der Waals surface area contributed by atoms with E-state index in [0.717, 1.165) is 24.2 Å². The van der Waals surface area contributed by atoms with Crippen molar-refractivity contribution in [1.82, 2.24) is 9.88 Å². The van der Waals surface area contributed by atoms with Gasteiger partial charge in [-0.25, -0.2) is 4.98 Å². The number of nitrogens with one attached hydrogen (secondary N) is 1. The topological polar surface area (TPSA) is 78.7 Å². The molecule has 7 heteroatoms. The maximum absolute atomic E-state index is 12.8. The first-order valence-corrected chi connectivity index (χ1v) is 9.27. The van der Waals surface area contributed by atoms with Crippen LogP contribution in [0.3, 0.4) is 0 Å². The number of carbonyl (C=O) groups excluding carboxylic acids is 2. The molecule has 27 heavy (non-hydrogen) atoms. The lowest BCUT2D eigenvalue weighted by Gasteiger charge is -2.48. The molecule has 0 bridgehead atoms. The van der Waals surface area contributed by atoms with Crippen molar-refractivity contribution in [3.63, 3.8) is 0 Å². The van der Waals surface area contributed by atoms with Gasteiger partial charge < -0.3 is 19.5 Å². The highest BCUT2D eigenvalue weighted by Gasteiger charge is 2.42. The van der Waals surface area contributed by atoms with E-state index < -0.39 is 0 Å². The van der Waals surface area contributed by atoms with Gasteiger partial charge in [0.1, 0.15) is 0 Å². The maximum Gasteiger partial charge on any atom is 0.291 e. The Labute approximate surface area is 158 Å². The molecule has 0 unspecified atom stereocenters. The molecule has 1 spiro atoms. The molecule has 2 aliphatic heterocycles. The summed E-state index contributed by atoms with van der Waals surface area (Å²) in [5.74, 6) is 0.764. The molecule has 2 aromatic rings. The number of carbonyl (C=O) groups is 2. The number of likely N-dealkylation sites (tertiary alicyclic amines) is 1. The normalized spacial score (nSPS) is 18.2. The standard InChI is InChI=1S/C20H24N4O3/c1-13-18(27-14(2)21-13)19(26)23-10-8-20(9-11-23)12-24(15(3)25)17-7-5-4-6-16(17)22-20/h4-7,22H,8-12H2,1-3H3. The van der Waals surface area contributed by atoms with Gasteiger partial charge in [-0.3, -0.25) is 9.59 Å². The highest BCUT2D eigenvalue weighted by atomic mass is 16.4. The lowest BCUT2D eigenvalue weighted by Crippen LogP contribution is -2.59. The number of para-hydroxylation sites is 2. The van der Waals surface area contributed by atoms with Crippen molar-refractivity contribution in [3.05, 3.63) is 41.6 Å². The molecule has 0 saturated carbocycles. The van der Waals surface area contributed by atoms with Gasteiger partial charge in [-0.15, -0.1) is 0 Å². The second-order valence-electron chi connectivity index (χ2n) is 7.47. The van der Waals surface area contributed by atoms with Gasteiger partial charge in [0.05, 0.1) is 22.6 Å². The van der Waals surface area contributed by atoms with Gasteiger partial charge in [0, 0.05) is 33.5 Å². The highest BCUT2D eigenvalue weighted by Crippen LogP contribution is 2.39. The molecule has 142 valence electrons. The Morgan fingerprint density at radius 3 is 2.52 bits per heavy atom. The van der Waals surface area contributed by atoms with Gasteiger partial charge in [0.15, 0.2) is 5.89 Å². The summed E-state index contributed by atoms with van der Waals surface area (Å²) >= 11 is 0. The molecule has 1 aromatic carbocycles. The number of oxazole rings is 1. The lowest BCUT2D eigenvalue weighted by atomic mass is 9.84. The van der Waals surface area contributed by atoms with Crippen molar-refractivity contribution in [3.8, 4) is 0 Å². The average molecular weight is 368 g/mol. The van der Waals surface area contributed by atoms with Gasteiger partial charge >= 0.3 is 0 Å². The zero-order valence-electron chi connectivity index (χ0n) is 15.9. The minimum atomic E-state index is -0.219. The summed E-state index contributed by atoms with van der Waals surface area (Å²) in [5.41, 5.74) is 2.30. The minimum absolute atomic E-state index is 0.0367. The summed E-state index contributed by atoms with van der Waals surface area (Å²) in [5, 5.41) is 3.64. The van der Waals surface area contributed by atoms with Crippen molar-refractivity contribution in [2.24, 2.45) is 0 Å². The van der Waals surface area contributed by atoms with Crippen LogP contribution in [0, 0.1) is 13.8 Å². The predicted molar refractivity (Wildman–Crippen MR) is 102 cm³/mol. The molecule has 0 atom stereocenters. The van der Waals surface area contributed by atoms with E-state index in [9.17, 15) is 9.59 Å². The van der Waals surface area contributed by atoms with E-state index in [-0.39, 0.29) is 17.4 Å². The van der Waals surface area contributed by atoms with E-state index in [1.165, 1.54) is 0 Å². The fourth-order valence-electron chi connectivity index (χ4n) is 4.10. The zero-order chi connectivity index (χ0) is 19.2. The summed E-state index contributed by atoms with van der Waals surface area (Å²) in [7, 11) is 0. The Bertz CT molecular complexity index is 896. The van der Waals surface area contributed by atoms with Crippen molar-refractivity contribution >= 4 is 23.2 Å². The molecule has 1 N–H and O–H groups in total. The van der Waals surface area contributed by atoms with Crippen molar-refractivity contribution in [2.75, 3.05) is 29.9 Å². The molecule has 7 nitrogen and oxygen atoms in total. The molecule has 3 heterocycles. The summed E-state index contributed by atoms with van der Waals surface area (Å²) in [6.07, 6.45) is 1.53. The van der Waals surface area contributed by atoms with Crippen molar-refractivity contribution in [1.29, 1.82) is 0 Å². The molecule has 1 saturated heterocycles. The second kappa shape index (κ2) is 6.40. The third-order valence-electron chi connectivity index (χ3n) is 5.54. The van der Waals surface area contributed by atoms with Crippen molar-refractivity contribution < 1.29 is 14.0 Å². The maximum atomic E-state index is 12.8. The molecule has 1 aromatic heterocycles. The fourth-order valence-corrected chi connectivity index (χ4v) is 4.10. The molecule has 0 aliphatic carbocycles. The average Bonchev–Trinajstić information content (AvgIpc) is 2.99. The van der Waals surface area contributed by atoms with Gasteiger partial charge in [-0.1, -0.05) is 12.1 Å². The fraction of sp³-hybridized carbons (Fsp3) is 0.450. The molecule has 1 fully saturated rings. The molecule has 0 radical (unpaired) electrons. The lowest BCUT2D eigenvalue weighted by molar-refractivity contribution is -0.116. The van der Waals surface area contributed by atoms with Crippen LogP contribution in [0.15, 0.2) is 28.7 Å². The third-order valence-corrected chi connectivity index (χ3v) is 5.54. The zero-order valence-corrected chi connectivity index (χ0v) is 15.9. The van der Waals surface area contributed by atoms with E-state index in [2.05, 4.69) is 10.3 Å². The van der Waals surface area contributed by atoms with E-state index in [1.54, 1.807) is 20.8 Å². The molecular formula is C20H24N4O3. The number of piperidine rings is 1. The predicted octanol–water partition coefficient (Wildman–Crippen LogP) is 2.74. The van der Waals surface area contributed by atoms with Crippen LogP contribution in [0.1, 0.15) is 41.9 Å². The van der Waals surface area contributed by atoms with Crippen LogP contribution in [-0.4, -0.2) is 46.9 Å². The molecule has 2 amide bonds. The number of rotatable bonds is 1. The Kier molecular flexibility index (Phi) is 4.17. The van der Waals surface area contributed by atoms with Crippen LogP contribution in [-0.2, 0) is 4.79 Å². The van der Waals surface area contributed by atoms with Crippen molar-refractivity contribution in [2.45, 2.75) is 39.2 Å². The summed E-state index contributed by atoms with van der Waals surface area (Å²) in [6, 6.07) is 7.88. The van der Waals surface area contributed by atoms with Gasteiger partial charge in [-0.05, 0) is 31.9 Å². The first-order chi connectivity index (χ1) is 12.9. The number of fused-ring (bicyclic) bond motifs is 1. The molecular weight excluding hydrogens is 344 g/mol. The number of amides is 2. The van der Waals surface area contributed by atoms with Crippen LogP contribution >= 0.6 is 0 Å². The monoisotopic (exact) mass is 368 g/mol. The Morgan fingerprint density at radius 1 is 1.19 bits per heavy atom. The van der Waals surface area contributed by atoms with Gasteiger partial charge in [0.25, 0.3) is 5.91 Å². The number of anilines is 2. The number of hydrogen-bond donors (Lipinski definition) is 1. The first-order valence-electron chi connectivity index (χ1n) is 9.27. The number of hydrogen-bond acceptors (Lipinski definition) is 5. The first kappa shape index (κ1) is 17.6. The molecule has 4 rings (SSSR count). The highest BCUT2D eigenvalue weighted by molar-refractivity contribution is 5.97. The largest absolute Gasteiger partial charge is 0.436 e. The molecule has 2 aliphatic rings. The van der Waals surface area contributed by atoms with Crippen LogP contribution in [0.5, 0.6) is 0 Å². The van der Waals surface area contributed by atoms with E-state index in [1.807, 2.05) is 34.1 Å². The van der Waals surface area contributed by atoms with Crippen LogP contribution in [0.25, 0.3) is 0 Å². The van der Waals surface area contributed by atoms with Crippen LogP contribution in [0.2, 0.25) is 0 Å². The number of nitrogens with zero attached hydrogens (tertiary/aromatic N) is 3. The quantitative estimate of drug-likeness (QED) is 0.837. The Morgan fingerprint density at radius 2 is 1.89 bits per heavy atom. The summed E-state index contributed by atoms with van der Waals surface area (Å²) in [4.78, 5) is 32.8. The third kappa shape index (κ3) is 3.07. The second-order valence-corrected chi connectivity index (χ2v) is 7.47. The van der Waals surface area contributed by atoms with E-state index in [4.69, 9.17) is 4.42 Å². The van der Waals surface area contributed by atoms with E-state index >= 15 is 0 Å². The minimum Gasteiger partial charge on any atom is -0.436 e. The number of benzene rings is 1. The van der Waals surface area contributed by atoms with Crippen LogP contribution < -0.4 is 10.2 Å². The van der Waals surface area contributed by atoms with Gasteiger partial charge in [-0.2, -0.15) is 0 Å².